The number of aliphatic hydroxyl groups excluding tert-OH is 2. The average molecular weight is 393 g/mol. The number of anilines is 3. The SMILES string of the molecule is Cc1cn(-c2nc(Nc3ccc(N4CCC(O)C4)c(C)c3)ncc2C)cc1CO. The highest BCUT2D eigenvalue weighted by Gasteiger charge is 2.21. The zero-order valence-electron chi connectivity index (χ0n) is 17.1. The topological polar surface area (TPSA) is 86.4 Å². The summed E-state index contributed by atoms with van der Waals surface area (Å²) in [5.74, 6) is 1.30. The standard InChI is InChI=1S/C22H27N5O2/c1-14-8-18(4-5-20(14)26-7-6-19(29)12-26)24-22-23-9-15(2)21(25-22)27-10-16(3)17(11-27)13-28/h4-5,8-11,19,28-29H,6-7,12-13H2,1-3H3,(H,23,24,25). The summed E-state index contributed by atoms with van der Waals surface area (Å²) in [5.41, 5.74) is 6.07. The van der Waals surface area contributed by atoms with Crippen molar-refractivity contribution in [1.29, 1.82) is 0 Å². The number of benzene rings is 1. The van der Waals surface area contributed by atoms with Crippen LogP contribution in [0.15, 0.2) is 36.8 Å². The first kappa shape index (κ1) is 19.4. The maximum atomic E-state index is 9.79. The van der Waals surface area contributed by atoms with Gasteiger partial charge in [-0.1, -0.05) is 0 Å². The summed E-state index contributed by atoms with van der Waals surface area (Å²) in [7, 11) is 0. The summed E-state index contributed by atoms with van der Waals surface area (Å²) in [6.45, 7) is 7.59. The maximum Gasteiger partial charge on any atom is 0.229 e. The van der Waals surface area contributed by atoms with E-state index in [-0.39, 0.29) is 12.7 Å². The lowest BCUT2D eigenvalue weighted by atomic mass is 10.1. The third kappa shape index (κ3) is 3.97. The minimum Gasteiger partial charge on any atom is -0.392 e. The van der Waals surface area contributed by atoms with Crippen molar-refractivity contribution >= 4 is 17.3 Å². The number of aryl methyl sites for hydroxylation is 3. The molecule has 29 heavy (non-hydrogen) atoms. The van der Waals surface area contributed by atoms with E-state index in [0.717, 1.165) is 52.4 Å². The number of nitrogens with zero attached hydrogens (tertiary/aromatic N) is 4. The third-order valence-electron chi connectivity index (χ3n) is 5.45. The van der Waals surface area contributed by atoms with Gasteiger partial charge in [-0.25, -0.2) is 4.98 Å². The molecule has 1 unspecified atom stereocenters. The highest BCUT2D eigenvalue weighted by Crippen LogP contribution is 2.28. The fourth-order valence-corrected chi connectivity index (χ4v) is 3.82. The predicted molar refractivity (Wildman–Crippen MR) is 114 cm³/mol. The predicted octanol–water partition coefficient (Wildman–Crippen LogP) is 3.00. The van der Waals surface area contributed by atoms with Crippen LogP contribution in [0.2, 0.25) is 0 Å². The van der Waals surface area contributed by atoms with Gasteiger partial charge in [0.05, 0.1) is 12.7 Å². The van der Waals surface area contributed by atoms with Crippen molar-refractivity contribution < 1.29 is 10.2 Å². The number of aliphatic hydroxyl groups is 2. The van der Waals surface area contributed by atoms with E-state index in [1.54, 1.807) is 6.20 Å². The first-order valence-electron chi connectivity index (χ1n) is 9.87. The lowest BCUT2D eigenvalue weighted by Crippen LogP contribution is -2.21. The van der Waals surface area contributed by atoms with Crippen LogP contribution in [0, 0.1) is 20.8 Å². The number of aromatic nitrogens is 3. The molecule has 4 rings (SSSR count). The summed E-state index contributed by atoms with van der Waals surface area (Å²) in [6.07, 6.45) is 6.24. The van der Waals surface area contributed by atoms with Crippen LogP contribution in [0.25, 0.3) is 5.82 Å². The highest BCUT2D eigenvalue weighted by atomic mass is 16.3. The zero-order valence-corrected chi connectivity index (χ0v) is 17.1. The molecule has 1 fully saturated rings. The average Bonchev–Trinajstić information content (AvgIpc) is 3.28. The number of hydrogen-bond donors (Lipinski definition) is 3. The molecule has 1 aromatic carbocycles. The molecule has 0 bridgehead atoms. The van der Waals surface area contributed by atoms with Crippen LogP contribution in [-0.4, -0.2) is 43.9 Å². The van der Waals surface area contributed by atoms with E-state index in [1.807, 2.05) is 36.9 Å². The van der Waals surface area contributed by atoms with Crippen LogP contribution in [0.3, 0.4) is 0 Å². The molecule has 1 atom stereocenters. The molecule has 0 saturated carbocycles. The van der Waals surface area contributed by atoms with E-state index >= 15 is 0 Å². The van der Waals surface area contributed by atoms with Gasteiger partial charge in [0.2, 0.25) is 5.95 Å². The Morgan fingerprint density at radius 1 is 1.14 bits per heavy atom. The lowest BCUT2D eigenvalue weighted by Gasteiger charge is -2.21. The molecule has 3 N–H and O–H groups in total. The van der Waals surface area contributed by atoms with E-state index < -0.39 is 0 Å². The molecule has 0 radical (unpaired) electrons. The monoisotopic (exact) mass is 393 g/mol. The third-order valence-corrected chi connectivity index (χ3v) is 5.45. The Morgan fingerprint density at radius 2 is 1.97 bits per heavy atom. The van der Waals surface area contributed by atoms with E-state index in [4.69, 9.17) is 0 Å². The molecule has 3 heterocycles. The van der Waals surface area contributed by atoms with Gasteiger partial charge in [-0.15, -0.1) is 0 Å². The number of β-amino-alcohol motifs (C(OH)–C–C–N with tert-alkyl or cyclic N) is 1. The molecule has 2 aromatic heterocycles. The molecule has 152 valence electrons. The van der Waals surface area contributed by atoms with Crippen molar-refractivity contribution in [1.82, 2.24) is 14.5 Å². The van der Waals surface area contributed by atoms with Crippen molar-refractivity contribution in [3.63, 3.8) is 0 Å². The van der Waals surface area contributed by atoms with Gasteiger partial charge in [0, 0.05) is 48.6 Å². The number of rotatable bonds is 5. The highest BCUT2D eigenvalue weighted by molar-refractivity contribution is 5.64. The molecule has 7 nitrogen and oxygen atoms in total. The summed E-state index contributed by atoms with van der Waals surface area (Å²) in [6, 6.07) is 6.17. The Balaban J connectivity index is 1.57. The number of nitrogens with one attached hydrogen (secondary N) is 1. The van der Waals surface area contributed by atoms with Gasteiger partial charge in [0.1, 0.15) is 5.82 Å². The Labute approximate surface area is 170 Å². The Kier molecular flexibility index (Phi) is 5.25. The molecule has 7 heteroatoms. The van der Waals surface area contributed by atoms with Crippen LogP contribution in [0.1, 0.15) is 28.7 Å². The Bertz CT molecular complexity index is 1030. The first-order valence-corrected chi connectivity index (χ1v) is 9.87. The van der Waals surface area contributed by atoms with Gasteiger partial charge in [-0.2, -0.15) is 4.98 Å². The second-order valence-corrected chi connectivity index (χ2v) is 7.75. The van der Waals surface area contributed by atoms with Gasteiger partial charge in [0.15, 0.2) is 0 Å². The van der Waals surface area contributed by atoms with Crippen LogP contribution >= 0.6 is 0 Å². The van der Waals surface area contributed by atoms with Gasteiger partial charge < -0.3 is 25.0 Å². The fraction of sp³-hybridized carbons (Fsp3) is 0.364. The molecular formula is C22H27N5O2. The fourth-order valence-electron chi connectivity index (χ4n) is 3.82. The molecule has 1 aliphatic heterocycles. The zero-order chi connectivity index (χ0) is 20.5. The summed E-state index contributed by atoms with van der Waals surface area (Å²) in [5, 5.41) is 22.5. The van der Waals surface area contributed by atoms with Crippen molar-refractivity contribution in [3.05, 3.63) is 59.0 Å². The number of hydrogen-bond acceptors (Lipinski definition) is 6. The normalized spacial score (nSPS) is 16.4. The Morgan fingerprint density at radius 3 is 2.62 bits per heavy atom. The lowest BCUT2D eigenvalue weighted by molar-refractivity contribution is 0.198. The van der Waals surface area contributed by atoms with Gasteiger partial charge in [-0.05, 0) is 62.1 Å². The van der Waals surface area contributed by atoms with Crippen molar-refractivity contribution in [3.8, 4) is 5.82 Å². The van der Waals surface area contributed by atoms with Crippen molar-refractivity contribution in [2.24, 2.45) is 0 Å². The van der Waals surface area contributed by atoms with Crippen molar-refractivity contribution in [2.45, 2.75) is 39.9 Å². The van der Waals surface area contributed by atoms with E-state index in [2.05, 4.69) is 39.2 Å². The summed E-state index contributed by atoms with van der Waals surface area (Å²) in [4.78, 5) is 11.3. The molecule has 0 amide bonds. The summed E-state index contributed by atoms with van der Waals surface area (Å²) < 4.78 is 1.93. The largest absolute Gasteiger partial charge is 0.392 e. The van der Waals surface area contributed by atoms with Gasteiger partial charge >= 0.3 is 0 Å². The van der Waals surface area contributed by atoms with Crippen LogP contribution in [-0.2, 0) is 6.61 Å². The minimum absolute atomic E-state index is 0.00768. The van der Waals surface area contributed by atoms with Crippen molar-refractivity contribution in [2.75, 3.05) is 23.3 Å². The Hall–Kier alpha value is -2.90. The van der Waals surface area contributed by atoms with Crippen LogP contribution in [0.5, 0.6) is 0 Å². The first-order chi connectivity index (χ1) is 13.9. The molecule has 1 saturated heterocycles. The molecule has 3 aromatic rings. The molecular weight excluding hydrogens is 366 g/mol. The maximum absolute atomic E-state index is 9.79. The summed E-state index contributed by atoms with van der Waals surface area (Å²) >= 11 is 0. The second-order valence-electron chi connectivity index (χ2n) is 7.75. The van der Waals surface area contributed by atoms with Gasteiger partial charge in [-0.3, -0.25) is 0 Å². The molecule has 0 aliphatic carbocycles. The minimum atomic E-state index is -0.241. The quantitative estimate of drug-likeness (QED) is 0.618. The second kappa shape index (κ2) is 7.85. The molecule has 0 spiro atoms. The van der Waals surface area contributed by atoms with E-state index in [9.17, 15) is 10.2 Å². The van der Waals surface area contributed by atoms with E-state index in [1.165, 1.54) is 0 Å². The molecule has 1 aliphatic rings. The smallest absolute Gasteiger partial charge is 0.229 e. The van der Waals surface area contributed by atoms with Gasteiger partial charge in [0.25, 0.3) is 0 Å². The van der Waals surface area contributed by atoms with Crippen LogP contribution in [0.4, 0.5) is 17.3 Å². The van der Waals surface area contributed by atoms with E-state index in [0.29, 0.717) is 12.5 Å². The van der Waals surface area contributed by atoms with Crippen LogP contribution < -0.4 is 10.2 Å².